The van der Waals surface area contributed by atoms with Crippen molar-refractivity contribution in [3.05, 3.63) is 0 Å². The van der Waals surface area contributed by atoms with Gasteiger partial charge in [-0.15, -0.1) is 0 Å². The Kier molecular flexibility index (Phi) is 7.45. The molecule has 0 spiro atoms. The maximum Gasteiger partial charge on any atom is 0.326 e. The van der Waals surface area contributed by atoms with E-state index in [0.29, 0.717) is 0 Å². The van der Waals surface area contributed by atoms with Gasteiger partial charge >= 0.3 is 12.0 Å². The van der Waals surface area contributed by atoms with Gasteiger partial charge in [-0.1, -0.05) is 0 Å². The van der Waals surface area contributed by atoms with E-state index >= 15 is 0 Å². The van der Waals surface area contributed by atoms with Crippen molar-refractivity contribution in [1.29, 1.82) is 0 Å². The average Bonchev–Trinajstić information content (AvgIpc) is 1.83. The summed E-state index contributed by atoms with van der Waals surface area (Å²) in [6.45, 7) is -7.12. The summed E-state index contributed by atoms with van der Waals surface area (Å²) in [4.78, 5) is 4.17. The van der Waals surface area contributed by atoms with Gasteiger partial charge in [0.15, 0.2) is 0 Å². The van der Waals surface area contributed by atoms with E-state index in [4.69, 9.17) is 89.9 Å². The lowest BCUT2D eigenvalue weighted by molar-refractivity contribution is 0.590. The first-order valence-electron chi connectivity index (χ1n) is 3.81. The summed E-state index contributed by atoms with van der Waals surface area (Å²) < 4.78 is 34.0. The minimum atomic E-state index is -3.88. The van der Waals surface area contributed by atoms with Crippen molar-refractivity contribution in [3.8, 4) is 0 Å². The van der Waals surface area contributed by atoms with Gasteiger partial charge in [-0.05, 0) is 89.9 Å². The predicted molar refractivity (Wildman–Crippen MR) is 96.4 cm³/mol. The first-order valence-corrected chi connectivity index (χ1v) is 19.5. The number of nitrogens with zero attached hydrogens (tertiary/aromatic N) is 3. The van der Waals surface area contributed by atoms with Crippen molar-refractivity contribution in [2.75, 3.05) is 0 Å². The Morgan fingerprint density at radius 1 is 0.700 bits per heavy atom. The fraction of sp³-hybridized carbons (Fsp3) is 0. The second-order valence-corrected chi connectivity index (χ2v) is 24.4. The van der Waals surface area contributed by atoms with Gasteiger partial charge in [-0.2, -0.15) is 23.3 Å². The molecular weight excluding hydrogens is 541 g/mol. The molecule has 0 aromatic rings. The zero-order chi connectivity index (χ0) is 16.0. The largest absolute Gasteiger partial charge is 0.326 e. The quantitative estimate of drug-likeness (QED) is 0.346. The van der Waals surface area contributed by atoms with Crippen molar-refractivity contribution >= 4 is 121 Å². The molecule has 0 saturated heterocycles. The zero-order valence-corrected chi connectivity index (χ0v) is 18.9. The van der Waals surface area contributed by atoms with E-state index in [1.165, 1.54) is 0 Å². The summed E-state index contributed by atoms with van der Waals surface area (Å²) in [7, 11) is 0. The number of hydrogen-bond acceptors (Lipinski definition) is 5. The molecule has 0 saturated carbocycles. The molecule has 0 bridgehead atoms. The molecule has 20 heavy (non-hydrogen) atoms. The van der Waals surface area contributed by atoms with Gasteiger partial charge < -0.3 is 0 Å². The summed E-state index contributed by atoms with van der Waals surface area (Å²) in [5.41, 5.74) is 0. The summed E-state index contributed by atoms with van der Waals surface area (Å²) in [6, 6.07) is 0. The third kappa shape index (κ3) is 7.98. The Morgan fingerprint density at radius 3 is 1.40 bits per heavy atom. The van der Waals surface area contributed by atoms with Gasteiger partial charge in [0.1, 0.15) is 0 Å². The molecule has 2 N–H and O–H groups in total. The monoisotopic (exact) mass is 539 g/mol. The fourth-order valence-corrected chi connectivity index (χ4v) is 26.0. The lowest BCUT2D eigenvalue weighted by Crippen LogP contribution is -2.00. The van der Waals surface area contributed by atoms with Crippen molar-refractivity contribution in [3.63, 3.8) is 0 Å². The first-order chi connectivity index (χ1) is 8.54. The van der Waals surface area contributed by atoms with Crippen LogP contribution in [0.3, 0.4) is 0 Å². The van der Waals surface area contributed by atoms with E-state index in [-0.39, 0.29) is 0 Å². The fourth-order valence-electron chi connectivity index (χ4n) is 0.872. The van der Waals surface area contributed by atoms with E-state index in [9.17, 15) is 9.13 Å². The second-order valence-electron chi connectivity index (χ2n) is 2.90. The molecule has 2 atom stereocenters. The van der Waals surface area contributed by atoms with E-state index in [1.807, 2.05) is 0 Å². The van der Waals surface area contributed by atoms with Crippen molar-refractivity contribution in [2.24, 2.45) is 13.5 Å². The van der Waals surface area contributed by atoms with Crippen LogP contribution in [0.1, 0.15) is 0 Å². The number of hydrogen-bond donors (Lipinski definition) is 2. The molecule has 20 heteroatoms. The summed E-state index contributed by atoms with van der Waals surface area (Å²) in [5, 5.41) is 0. The standard InChI is InChI=1S/Cl8H2N5O2P5/c1-16(2)9-19(7,11-17(3,4)14)13-20(8,10-16)12-18(5,6)15/h(H,11,14)(H,12,15). The lowest BCUT2D eigenvalue weighted by Gasteiger charge is -2.25. The molecule has 120 valence electrons. The van der Waals surface area contributed by atoms with Gasteiger partial charge in [-0.3, -0.25) is 9.13 Å². The Bertz CT molecular complexity index is 633. The number of nitrogens with one attached hydrogen (secondary N) is 2. The average molecular weight is 543 g/mol. The van der Waals surface area contributed by atoms with Crippen LogP contribution in [0.4, 0.5) is 0 Å². The minimum absolute atomic E-state index is 2.09. The topological polar surface area (TPSA) is 95.3 Å². The van der Waals surface area contributed by atoms with E-state index in [0.717, 1.165) is 0 Å². The Labute approximate surface area is 152 Å². The van der Waals surface area contributed by atoms with E-state index < -0.39 is 31.3 Å². The third-order valence-electron chi connectivity index (χ3n) is 1.18. The Balaban J connectivity index is 3.47. The van der Waals surface area contributed by atoms with Crippen LogP contribution in [0.2, 0.25) is 0 Å². The van der Waals surface area contributed by atoms with Gasteiger partial charge in [0.25, 0.3) is 5.91 Å². The van der Waals surface area contributed by atoms with Crippen LogP contribution >= 0.6 is 121 Å². The molecule has 1 aliphatic heterocycles. The molecule has 0 aromatic carbocycles. The molecular formula is H2Cl8N5O2P5. The summed E-state index contributed by atoms with van der Waals surface area (Å²) in [6.07, 6.45) is 0. The molecule has 0 amide bonds. The molecule has 2 unspecified atom stereocenters. The highest BCUT2D eigenvalue weighted by Gasteiger charge is 2.39. The van der Waals surface area contributed by atoms with Gasteiger partial charge in [0, 0.05) is 0 Å². The van der Waals surface area contributed by atoms with Gasteiger partial charge in [0.2, 0.25) is 13.4 Å². The van der Waals surface area contributed by atoms with Crippen LogP contribution in [-0.4, -0.2) is 0 Å². The van der Waals surface area contributed by atoms with Crippen LogP contribution in [-0.2, 0) is 9.13 Å². The van der Waals surface area contributed by atoms with Crippen molar-refractivity contribution in [2.45, 2.75) is 0 Å². The summed E-state index contributed by atoms with van der Waals surface area (Å²) in [5.74, 6) is -11.2. The molecule has 1 heterocycles. The highest BCUT2D eigenvalue weighted by Crippen LogP contribution is 2.86. The normalized spacial score (nSPS) is 33.8. The number of rotatable bonds is 4. The molecule has 0 aromatic heterocycles. The van der Waals surface area contributed by atoms with Gasteiger partial charge in [0.05, 0.1) is 0 Å². The van der Waals surface area contributed by atoms with Crippen LogP contribution < -0.4 is 9.72 Å². The van der Waals surface area contributed by atoms with E-state index in [1.54, 1.807) is 0 Å². The van der Waals surface area contributed by atoms with Crippen LogP contribution in [0.25, 0.3) is 0 Å². The van der Waals surface area contributed by atoms with Crippen molar-refractivity contribution < 1.29 is 9.13 Å². The molecule has 0 aliphatic carbocycles. The van der Waals surface area contributed by atoms with Crippen LogP contribution in [0.5, 0.6) is 0 Å². The second kappa shape index (κ2) is 6.95. The van der Waals surface area contributed by atoms with Crippen molar-refractivity contribution in [1.82, 2.24) is 9.72 Å². The van der Waals surface area contributed by atoms with Crippen LogP contribution in [0.15, 0.2) is 13.5 Å². The first kappa shape index (κ1) is 21.4. The number of halogens is 8. The van der Waals surface area contributed by atoms with Crippen LogP contribution in [0, 0.1) is 0 Å². The van der Waals surface area contributed by atoms with Gasteiger partial charge in [-0.25, -0.2) is 0 Å². The Morgan fingerprint density at radius 2 is 1.05 bits per heavy atom. The smallest absolute Gasteiger partial charge is 0.271 e. The molecule has 0 fully saturated rings. The van der Waals surface area contributed by atoms with E-state index in [2.05, 4.69) is 23.3 Å². The highest BCUT2D eigenvalue weighted by molar-refractivity contribution is 8.21. The maximum atomic E-state index is 11.4. The molecule has 0 radical (unpaired) electrons. The molecule has 1 rings (SSSR count). The predicted octanol–water partition coefficient (Wildman–Crippen LogP) is 9.14. The third-order valence-corrected chi connectivity index (χ3v) is 19.5. The minimum Gasteiger partial charge on any atom is -0.271 e. The Hall–Kier alpha value is 3.39. The maximum absolute atomic E-state index is 11.4. The lowest BCUT2D eigenvalue weighted by atomic mass is 13.8. The molecule has 1 aliphatic rings. The molecule has 7 nitrogen and oxygen atoms in total. The summed E-state index contributed by atoms with van der Waals surface area (Å²) >= 11 is 45.1. The SMILES string of the molecule is O=P(Cl)(Cl)NP1(Cl)=NP(Cl)(Cl)=NP(Cl)(NP(=O)(Cl)Cl)=N1. The zero-order valence-electron chi connectivity index (χ0n) is 8.42. The highest BCUT2D eigenvalue weighted by atomic mass is 35.9.